The molecule has 136 heavy (non-hydrogen) atoms. The van der Waals surface area contributed by atoms with Crippen molar-refractivity contribution in [2.45, 2.75) is 186 Å². The molecule has 3 aliphatic carbocycles. The highest BCUT2D eigenvalue weighted by molar-refractivity contribution is 7.85. The summed E-state index contributed by atoms with van der Waals surface area (Å²) in [6, 6.07) is 75.2. The van der Waals surface area contributed by atoms with Gasteiger partial charge in [0, 0.05) is 180 Å². The summed E-state index contributed by atoms with van der Waals surface area (Å²) < 4.78 is 66.5. The number of amides is 4. The second-order valence-electron chi connectivity index (χ2n) is 41.1. The molecule has 2 N–H and O–H groups in total. The van der Waals surface area contributed by atoms with Gasteiger partial charge in [-0.2, -0.15) is 8.80 Å². The maximum absolute atomic E-state index is 14.5. The number of Topliss-reactive ketones (excluding diaryl/α,β-unsaturated/α-hetero) is 1. The summed E-state index contributed by atoms with van der Waals surface area (Å²) in [7, 11) is 2.29. The summed E-state index contributed by atoms with van der Waals surface area (Å²) in [5.74, 6) is 2.70. The third-order valence-electron chi connectivity index (χ3n) is 30.0. The van der Waals surface area contributed by atoms with E-state index in [1.165, 1.54) is 11.0 Å². The fourth-order valence-electron chi connectivity index (χ4n) is 23.9. The molecule has 27 rings (SSSR count). The number of aromatic nitrogens is 6. The van der Waals surface area contributed by atoms with E-state index in [9.17, 15) is 32.4 Å². The number of para-hydroxylation sites is 6. The van der Waals surface area contributed by atoms with Gasteiger partial charge < -0.3 is 62.0 Å². The lowest BCUT2D eigenvalue weighted by molar-refractivity contribution is -0.125. The Labute approximate surface area is 790 Å². The van der Waals surface area contributed by atoms with Gasteiger partial charge in [-0.1, -0.05) is 166 Å². The first-order chi connectivity index (χ1) is 65.6. The van der Waals surface area contributed by atoms with Crippen LogP contribution in [0.5, 0.6) is 17.2 Å². The highest BCUT2D eigenvalue weighted by atomic mass is 32.2. The van der Waals surface area contributed by atoms with Crippen LogP contribution in [-0.4, -0.2) is 122 Å². The summed E-state index contributed by atoms with van der Waals surface area (Å²) in [6.07, 6.45) is 4.54. The van der Waals surface area contributed by atoms with E-state index >= 15 is 0 Å². The van der Waals surface area contributed by atoms with Crippen LogP contribution >= 0.6 is 0 Å². The van der Waals surface area contributed by atoms with Gasteiger partial charge in [-0.3, -0.25) is 24.0 Å². The molecule has 12 heterocycles. The zero-order valence-electron chi connectivity index (χ0n) is 78.1. The lowest BCUT2D eigenvalue weighted by Crippen LogP contribution is -2.27. The number of hydrogen-bond acceptors (Lipinski definition) is 10. The number of carbonyl (C=O) groups is 5. The van der Waals surface area contributed by atoms with Crippen LogP contribution in [0, 0.1) is 5.41 Å². The summed E-state index contributed by atoms with van der Waals surface area (Å²) in [5.41, 5.74) is 29.2. The molecule has 12 aromatic carbocycles. The van der Waals surface area contributed by atoms with Gasteiger partial charge in [-0.05, 0) is 167 Å². The number of methoxy groups -OCH3 is 3. The van der Waals surface area contributed by atoms with Crippen LogP contribution in [-0.2, 0) is 70.8 Å². The zero-order chi connectivity index (χ0) is 93.6. The Kier molecular flexibility index (Phi) is 19.4. The number of carbonyl (C=O) groups excluding carboxylic acids is 5. The topological polar surface area (TPSA) is 237 Å². The van der Waals surface area contributed by atoms with E-state index in [1.54, 1.807) is 42.1 Å². The van der Waals surface area contributed by atoms with Crippen LogP contribution < -0.4 is 19.9 Å². The van der Waals surface area contributed by atoms with Gasteiger partial charge in [0.05, 0.1) is 110 Å². The van der Waals surface area contributed by atoms with Gasteiger partial charge in [0.2, 0.25) is 5.91 Å². The summed E-state index contributed by atoms with van der Waals surface area (Å²) in [6.45, 7) is 20.5. The Balaban J connectivity index is 0.000000108. The molecule has 9 aliphatic rings. The number of benzene rings is 12. The molecule has 0 spiro atoms. The molecule has 684 valence electrons. The SMILES string of the molecule is CC(C)(C)C(N)=O.COc1ccc(CN2Cc3c(c4c5ccccc5n5c4c4c3c3ccccc3n4[C@@H]3C[C@H]5CC3=NS(=O)C(C)(C)C)C2=O)cc1.COc1ccc(CN2Cc3c(c4c5ccccc5n5c4c4c3c3ccccc3n4[C@@H]3C[C@H]5CC3=O)C2=O)cc1.COc1ccc(CN2Cc3c(c4c5ccccc5n5c4c4c3c3ccccc3n4[C@H]3C[C@@H]5CC3=NS(=O)C(C)(C)C)C2=O)cc1. The number of fused-ring (bicyclic) bond motifs is 39. The minimum absolute atomic E-state index is 0.00359. The third-order valence-corrected chi connectivity index (χ3v) is 32.9. The first-order valence-corrected chi connectivity index (χ1v) is 49.4. The molecule has 2 unspecified atom stereocenters. The second kappa shape index (κ2) is 31.0. The van der Waals surface area contributed by atoms with Crippen molar-refractivity contribution in [2.24, 2.45) is 19.9 Å². The van der Waals surface area contributed by atoms with Crippen LogP contribution in [0.15, 0.2) is 227 Å². The van der Waals surface area contributed by atoms with Gasteiger partial charge in [-0.15, -0.1) is 0 Å². The highest BCUT2D eigenvalue weighted by Gasteiger charge is 2.49. The average Bonchev–Trinajstić information content (AvgIpc) is 1.51. The van der Waals surface area contributed by atoms with Gasteiger partial charge in [0.15, 0.2) is 5.78 Å². The number of hydrogen-bond donors (Lipinski definition) is 1. The monoisotopic (exact) mass is 1840 g/mol. The Bertz CT molecular complexity index is 8100. The van der Waals surface area contributed by atoms with Crippen molar-refractivity contribution in [1.29, 1.82) is 0 Å². The molecule has 6 aliphatic heterocycles. The molecule has 0 radical (unpaired) electrons. The van der Waals surface area contributed by atoms with E-state index in [0.29, 0.717) is 51.5 Å². The second-order valence-corrected chi connectivity index (χ2v) is 44.9. The van der Waals surface area contributed by atoms with Crippen molar-refractivity contribution in [1.82, 2.24) is 42.1 Å². The van der Waals surface area contributed by atoms with E-state index < -0.39 is 31.5 Å². The maximum Gasteiger partial charge on any atom is 0.255 e. The summed E-state index contributed by atoms with van der Waals surface area (Å²) in [4.78, 5) is 73.1. The van der Waals surface area contributed by atoms with Gasteiger partial charge >= 0.3 is 0 Å². The van der Waals surface area contributed by atoms with Crippen molar-refractivity contribution < 1.29 is 46.6 Å². The first kappa shape index (κ1) is 85.0. The van der Waals surface area contributed by atoms with Crippen molar-refractivity contribution >= 4 is 194 Å². The van der Waals surface area contributed by atoms with Crippen LogP contribution in [0.2, 0.25) is 0 Å². The fraction of sp³-hybridized carbons (Fsp3) is 0.295. The molecule has 8 atom stereocenters. The highest BCUT2D eigenvalue weighted by Crippen LogP contribution is 2.59. The normalized spacial score (nSPS) is 20.0. The number of primary amides is 1. The van der Waals surface area contributed by atoms with Gasteiger partial charge in [-0.25, -0.2) is 8.42 Å². The predicted octanol–water partition coefficient (Wildman–Crippen LogP) is 22.8. The predicted molar refractivity (Wildman–Crippen MR) is 543 cm³/mol. The largest absolute Gasteiger partial charge is 0.497 e. The Hall–Kier alpha value is -14.0. The molecule has 0 saturated heterocycles. The smallest absolute Gasteiger partial charge is 0.255 e. The zero-order valence-corrected chi connectivity index (χ0v) is 79.8. The minimum Gasteiger partial charge on any atom is -0.497 e. The third kappa shape index (κ3) is 12.7. The Morgan fingerprint density at radius 2 is 0.588 bits per heavy atom. The lowest BCUT2D eigenvalue weighted by atomic mass is 9.96. The summed E-state index contributed by atoms with van der Waals surface area (Å²) in [5, 5.41) is 13.4. The lowest BCUT2D eigenvalue weighted by Gasteiger charge is -2.20. The van der Waals surface area contributed by atoms with E-state index in [0.717, 1.165) is 231 Å². The fourth-order valence-corrected chi connectivity index (χ4v) is 25.2. The van der Waals surface area contributed by atoms with E-state index in [2.05, 4.69) is 173 Å². The van der Waals surface area contributed by atoms with Crippen molar-refractivity contribution in [2.75, 3.05) is 21.3 Å². The number of nitrogens with zero attached hydrogens (tertiary/aromatic N) is 11. The van der Waals surface area contributed by atoms with Gasteiger partial charge in [0.1, 0.15) is 39.2 Å². The number of ketones is 1. The average molecular weight is 1840 g/mol. The quantitative estimate of drug-likeness (QED) is 0.128. The molecule has 3 saturated carbocycles. The molecule has 18 aromatic rings. The molecule has 24 heteroatoms. The molecule has 6 bridgehead atoms. The molecular weight excluding hydrogens is 1740 g/mol. The van der Waals surface area contributed by atoms with Crippen LogP contribution in [0.3, 0.4) is 0 Å². The number of ether oxygens (including phenoxy) is 3. The van der Waals surface area contributed by atoms with E-state index in [-0.39, 0.29) is 65.3 Å². The van der Waals surface area contributed by atoms with Crippen molar-refractivity contribution in [3.8, 4) is 17.2 Å². The van der Waals surface area contributed by atoms with Crippen LogP contribution in [0.4, 0.5) is 0 Å². The van der Waals surface area contributed by atoms with Gasteiger partial charge in [0.25, 0.3) is 17.7 Å². The molecule has 6 aromatic heterocycles. The van der Waals surface area contributed by atoms with Crippen molar-refractivity contribution in [3.63, 3.8) is 0 Å². The molecule has 22 nitrogen and oxygen atoms in total. The molecular formula is C112H104N12O10S2. The van der Waals surface area contributed by atoms with Crippen LogP contribution in [0.1, 0.15) is 202 Å². The van der Waals surface area contributed by atoms with E-state index in [1.807, 2.05) is 129 Å². The minimum atomic E-state index is -1.35. The molecule has 4 amide bonds. The Morgan fingerprint density at radius 1 is 0.346 bits per heavy atom. The number of nitrogens with two attached hydrogens (primary N) is 1. The first-order valence-electron chi connectivity index (χ1n) is 47.2. The summed E-state index contributed by atoms with van der Waals surface area (Å²) >= 11 is 0. The van der Waals surface area contributed by atoms with E-state index in [4.69, 9.17) is 28.7 Å². The number of rotatable bonds is 11. The van der Waals surface area contributed by atoms with Crippen LogP contribution in [0.25, 0.3) is 131 Å². The van der Waals surface area contributed by atoms with Crippen molar-refractivity contribution in [3.05, 3.63) is 268 Å². The Morgan fingerprint density at radius 3 is 0.860 bits per heavy atom. The molecule has 3 fully saturated rings. The maximum atomic E-state index is 14.5. The standard InChI is InChI=1S/2C37H34N4O3S.C33H25N3O3.C5H11NO/c2*1-37(2,3)45(43)38-27-17-22-18-30(27)41-29-12-8-5-9-24(29)31-26-20-39(19-21-13-15-23(44-4)16-14-21)36(42)33(26)32-25-10-6-7-11-28(25)40(22)35(32)34(31)41;1-39-20-12-10-18(11-13-20)16-34-17-23-28-21-6-2-5-9-25(21)36-26-14-19(15-27(26)37)35-24-8-4-3-7-22(24)29(30(23)33(34)38)32(35)31(28)36;1-5(2,3)4(6)7/h2*5-16,22,30H,17-20H2,1-4H3;2-13,19,26H,14-17H2,1H3;1-3H3,(H2,6,7)/t2*22-,30-,45?;19-,26+;/m100./s1.